The van der Waals surface area contributed by atoms with Crippen LogP contribution in [0.5, 0.6) is 0 Å². The number of hydrogen-bond donors (Lipinski definition) is 1. The lowest BCUT2D eigenvalue weighted by atomic mass is 10.1. The molecule has 0 radical (unpaired) electrons. The van der Waals surface area contributed by atoms with Crippen molar-refractivity contribution < 1.29 is 9.90 Å². The number of benzene rings is 2. The number of halogens is 2. The molecule has 0 aliphatic carbocycles. The minimum Gasteiger partial charge on any atom is -0.478 e. The van der Waals surface area contributed by atoms with Crippen molar-refractivity contribution in [2.24, 2.45) is 4.99 Å². The summed E-state index contributed by atoms with van der Waals surface area (Å²) in [6.07, 6.45) is 1.60. The fourth-order valence-corrected chi connectivity index (χ4v) is 2.12. The molecule has 0 saturated carbocycles. The predicted molar refractivity (Wildman–Crippen MR) is 81.9 cm³/mol. The SMILES string of the molecule is Cc1cc(Cl)ccc1/N=C/c1ccc(C(=O)O)cc1Cl. The molecule has 0 unspecified atom stereocenters. The van der Waals surface area contributed by atoms with E-state index in [4.69, 9.17) is 28.3 Å². The Kier molecular flexibility index (Phi) is 4.42. The maximum Gasteiger partial charge on any atom is 0.335 e. The highest BCUT2D eigenvalue weighted by Gasteiger charge is 2.05. The maximum atomic E-state index is 10.8. The zero-order valence-corrected chi connectivity index (χ0v) is 12.1. The highest BCUT2D eigenvalue weighted by atomic mass is 35.5. The summed E-state index contributed by atoms with van der Waals surface area (Å²) in [6.45, 7) is 1.91. The van der Waals surface area contributed by atoms with Gasteiger partial charge in [-0.2, -0.15) is 0 Å². The molecule has 3 nitrogen and oxygen atoms in total. The van der Waals surface area contributed by atoms with E-state index in [1.807, 2.05) is 19.1 Å². The predicted octanol–water partition coefficient (Wildman–Crippen LogP) is 4.75. The molecule has 0 saturated heterocycles. The lowest BCUT2D eigenvalue weighted by molar-refractivity contribution is 0.0697. The van der Waals surface area contributed by atoms with E-state index in [1.54, 1.807) is 18.3 Å². The van der Waals surface area contributed by atoms with E-state index in [0.29, 0.717) is 15.6 Å². The Morgan fingerprint density at radius 2 is 1.95 bits per heavy atom. The van der Waals surface area contributed by atoms with Crippen LogP contribution in [0.15, 0.2) is 41.4 Å². The van der Waals surface area contributed by atoms with E-state index in [-0.39, 0.29) is 5.56 Å². The molecule has 0 aliphatic heterocycles. The molecule has 0 amide bonds. The van der Waals surface area contributed by atoms with Crippen LogP contribution in [-0.2, 0) is 0 Å². The average Bonchev–Trinajstić information content (AvgIpc) is 2.38. The zero-order valence-electron chi connectivity index (χ0n) is 10.6. The van der Waals surface area contributed by atoms with Crippen LogP contribution in [0.25, 0.3) is 0 Å². The molecular formula is C15H11Cl2NO2. The van der Waals surface area contributed by atoms with Crippen molar-refractivity contribution in [3.05, 3.63) is 63.1 Å². The van der Waals surface area contributed by atoms with Gasteiger partial charge in [-0.1, -0.05) is 29.3 Å². The van der Waals surface area contributed by atoms with Gasteiger partial charge in [0.05, 0.1) is 16.3 Å². The van der Waals surface area contributed by atoms with Crippen molar-refractivity contribution in [2.75, 3.05) is 0 Å². The van der Waals surface area contributed by atoms with E-state index < -0.39 is 5.97 Å². The Labute approximate surface area is 126 Å². The van der Waals surface area contributed by atoms with E-state index >= 15 is 0 Å². The second-order valence-electron chi connectivity index (χ2n) is 4.23. The van der Waals surface area contributed by atoms with Crippen molar-refractivity contribution in [3.63, 3.8) is 0 Å². The number of carboxylic acid groups (broad SMARTS) is 1. The number of aliphatic imine (C=N–C) groups is 1. The minimum atomic E-state index is -1.01. The van der Waals surface area contributed by atoms with Gasteiger partial charge < -0.3 is 5.11 Å². The van der Waals surface area contributed by atoms with Crippen molar-refractivity contribution in [2.45, 2.75) is 6.92 Å². The van der Waals surface area contributed by atoms with Crippen LogP contribution >= 0.6 is 23.2 Å². The van der Waals surface area contributed by atoms with Crippen LogP contribution in [0.1, 0.15) is 21.5 Å². The molecule has 0 spiro atoms. The first-order chi connectivity index (χ1) is 9.47. The summed E-state index contributed by atoms with van der Waals surface area (Å²) >= 11 is 11.9. The van der Waals surface area contributed by atoms with Gasteiger partial charge >= 0.3 is 5.97 Å². The normalized spacial score (nSPS) is 10.9. The van der Waals surface area contributed by atoms with Gasteiger partial charge in [0.25, 0.3) is 0 Å². The van der Waals surface area contributed by atoms with Crippen molar-refractivity contribution in [1.29, 1.82) is 0 Å². The minimum absolute atomic E-state index is 0.148. The fourth-order valence-electron chi connectivity index (χ4n) is 1.67. The highest BCUT2D eigenvalue weighted by Crippen LogP contribution is 2.23. The van der Waals surface area contributed by atoms with Crippen LogP contribution in [0, 0.1) is 6.92 Å². The first kappa shape index (κ1) is 14.6. The van der Waals surface area contributed by atoms with E-state index in [1.165, 1.54) is 12.1 Å². The molecule has 2 rings (SSSR count). The van der Waals surface area contributed by atoms with E-state index in [0.717, 1.165) is 11.3 Å². The van der Waals surface area contributed by atoms with E-state index in [2.05, 4.69) is 4.99 Å². The van der Waals surface area contributed by atoms with Crippen molar-refractivity contribution in [3.8, 4) is 0 Å². The first-order valence-corrected chi connectivity index (χ1v) is 6.56. The van der Waals surface area contributed by atoms with Gasteiger partial charge in [0.15, 0.2) is 0 Å². The second kappa shape index (κ2) is 6.07. The number of nitrogens with zero attached hydrogens (tertiary/aromatic N) is 1. The summed E-state index contributed by atoms with van der Waals surface area (Å²) in [5.41, 5.74) is 2.54. The third kappa shape index (κ3) is 3.38. The molecule has 2 aromatic carbocycles. The summed E-state index contributed by atoms with van der Waals surface area (Å²) in [5.74, 6) is -1.01. The first-order valence-electron chi connectivity index (χ1n) is 5.80. The van der Waals surface area contributed by atoms with Gasteiger partial charge in [-0.25, -0.2) is 4.79 Å². The highest BCUT2D eigenvalue weighted by molar-refractivity contribution is 6.33. The molecule has 0 aromatic heterocycles. The number of carboxylic acids is 1. The lowest BCUT2D eigenvalue weighted by Gasteiger charge is -2.02. The average molecular weight is 308 g/mol. The molecular weight excluding hydrogens is 297 g/mol. The number of hydrogen-bond acceptors (Lipinski definition) is 2. The Hall–Kier alpha value is -1.84. The number of carbonyl (C=O) groups is 1. The van der Waals surface area contributed by atoms with Crippen LogP contribution in [0.2, 0.25) is 10.0 Å². The van der Waals surface area contributed by atoms with Crippen LogP contribution in [-0.4, -0.2) is 17.3 Å². The Bertz CT molecular complexity index is 696. The Morgan fingerprint density at radius 3 is 2.55 bits per heavy atom. The molecule has 1 N–H and O–H groups in total. The third-order valence-electron chi connectivity index (χ3n) is 2.75. The maximum absolute atomic E-state index is 10.8. The topological polar surface area (TPSA) is 49.7 Å². The van der Waals surface area contributed by atoms with Crippen molar-refractivity contribution >= 4 is 41.1 Å². The number of aromatic carboxylic acids is 1. The van der Waals surface area contributed by atoms with Gasteiger partial charge in [-0.15, -0.1) is 0 Å². The zero-order chi connectivity index (χ0) is 14.7. The number of rotatable bonds is 3. The third-order valence-corrected chi connectivity index (χ3v) is 3.31. The summed E-state index contributed by atoms with van der Waals surface area (Å²) in [7, 11) is 0. The molecule has 5 heteroatoms. The van der Waals surface area contributed by atoms with Gasteiger partial charge in [-0.3, -0.25) is 4.99 Å². The molecule has 0 aliphatic rings. The van der Waals surface area contributed by atoms with Gasteiger partial charge in [-0.05, 0) is 42.8 Å². The number of aryl methyl sites for hydroxylation is 1. The Balaban J connectivity index is 2.29. The smallest absolute Gasteiger partial charge is 0.335 e. The fraction of sp³-hybridized carbons (Fsp3) is 0.0667. The van der Waals surface area contributed by atoms with Crippen LogP contribution < -0.4 is 0 Å². The van der Waals surface area contributed by atoms with Crippen LogP contribution in [0.4, 0.5) is 5.69 Å². The summed E-state index contributed by atoms with van der Waals surface area (Å²) in [4.78, 5) is 15.2. The lowest BCUT2D eigenvalue weighted by Crippen LogP contribution is -1.96. The summed E-state index contributed by atoms with van der Waals surface area (Å²) < 4.78 is 0. The largest absolute Gasteiger partial charge is 0.478 e. The standard InChI is InChI=1S/C15H11Cl2NO2/c1-9-6-12(16)4-5-14(9)18-8-11-3-2-10(15(19)20)7-13(11)17/h2-8H,1H3,(H,19,20)/b18-8+. The van der Waals surface area contributed by atoms with Crippen LogP contribution in [0.3, 0.4) is 0 Å². The molecule has 0 heterocycles. The molecule has 0 atom stereocenters. The monoisotopic (exact) mass is 307 g/mol. The van der Waals surface area contributed by atoms with Gasteiger partial charge in [0, 0.05) is 16.8 Å². The quantitative estimate of drug-likeness (QED) is 0.832. The second-order valence-corrected chi connectivity index (χ2v) is 5.07. The van der Waals surface area contributed by atoms with E-state index in [9.17, 15) is 4.79 Å². The molecule has 0 bridgehead atoms. The summed E-state index contributed by atoms with van der Waals surface area (Å²) in [5, 5.41) is 9.87. The van der Waals surface area contributed by atoms with Gasteiger partial charge in [0.2, 0.25) is 0 Å². The molecule has 20 heavy (non-hydrogen) atoms. The Morgan fingerprint density at radius 1 is 1.20 bits per heavy atom. The summed E-state index contributed by atoms with van der Waals surface area (Å²) in [6, 6.07) is 9.91. The van der Waals surface area contributed by atoms with Gasteiger partial charge in [0.1, 0.15) is 0 Å². The molecule has 0 fully saturated rings. The molecule has 2 aromatic rings. The molecule has 102 valence electrons. The van der Waals surface area contributed by atoms with Crippen molar-refractivity contribution in [1.82, 2.24) is 0 Å².